The van der Waals surface area contributed by atoms with Gasteiger partial charge in [0.2, 0.25) is 5.95 Å². The minimum atomic E-state index is -2.54. The molecule has 0 saturated heterocycles. The SMILES string of the molecule is Cc1c(Nc2ncc(C#N)c(NCC(F)F)n2)cnn1C. The molecule has 0 aliphatic carbocycles. The minimum absolute atomic E-state index is 0.0665. The highest BCUT2D eigenvalue weighted by atomic mass is 19.3. The summed E-state index contributed by atoms with van der Waals surface area (Å²) in [5.74, 6) is 0.263. The molecular formula is C12H13F2N7. The van der Waals surface area contributed by atoms with Crippen molar-refractivity contribution in [1.82, 2.24) is 19.7 Å². The molecule has 0 aliphatic heterocycles. The lowest BCUT2D eigenvalue weighted by atomic mass is 10.3. The van der Waals surface area contributed by atoms with Crippen molar-refractivity contribution in [2.45, 2.75) is 13.3 Å². The smallest absolute Gasteiger partial charge is 0.255 e. The van der Waals surface area contributed by atoms with E-state index in [2.05, 4.69) is 25.7 Å². The van der Waals surface area contributed by atoms with Crippen LogP contribution in [-0.4, -0.2) is 32.7 Å². The molecule has 110 valence electrons. The highest BCUT2D eigenvalue weighted by molar-refractivity contribution is 5.59. The first-order valence-electron chi connectivity index (χ1n) is 6.06. The van der Waals surface area contributed by atoms with Crippen LogP contribution in [0.15, 0.2) is 12.4 Å². The number of anilines is 3. The maximum Gasteiger partial charge on any atom is 0.255 e. The van der Waals surface area contributed by atoms with Crippen LogP contribution in [0.2, 0.25) is 0 Å². The van der Waals surface area contributed by atoms with Gasteiger partial charge in [0.1, 0.15) is 17.5 Å². The largest absolute Gasteiger partial charge is 0.363 e. The summed E-state index contributed by atoms with van der Waals surface area (Å²) in [5, 5.41) is 18.3. The van der Waals surface area contributed by atoms with E-state index in [1.54, 1.807) is 17.9 Å². The molecule has 0 spiro atoms. The summed E-state index contributed by atoms with van der Waals surface area (Å²) in [5.41, 5.74) is 1.66. The van der Waals surface area contributed by atoms with Crippen LogP contribution in [-0.2, 0) is 7.05 Å². The molecule has 0 bridgehead atoms. The third-order valence-corrected chi connectivity index (χ3v) is 2.81. The van der Waals surface area contributed by atoms with Crippen molar-refractivity contribution >= 4 is 17.5 Å². The number of hydrogen-bond donors (Lipinski definition) is 2. The van der Waals surface area contributed by atoms with Crippen LogP contribution >= 0.6 is 0 Å². The lowest BCUT2D eigenvalue weighted by Crippen LogP contribution is -2.13. The number of alkyl halides is 2. The molecule has 9 heteroatoms. The highest BCUT2D eigenvalue weighted by Crippen LogP contribution is 2.19. The Morgan fingerprint density at radius 3 is 2.76 bits per heavy atom. The first-order chi connectivity index (χ1) is 10.0. The van der Waals surface area contributed by atoms with E-state index in [1.807, 2.05) is 13.0 Å². The molecule has 7 nitrogen and oxygen atoms in total. The normalized spacial score (nSPS) is 10.5. The van der Waals surface area contributed by atoms with E-state index in [-0.39, 0.29) is 17.3 Å². The maximum absolute atomic E-state index is 12.2. The van der Waals surface area contributed by atoms with E-state index in [9.17, 15) is 8.78 Å². The number of rotatable bonds is 5. The monoisotopic (exact) mass is 293 g/mol. The van der Waals surface area contributed by atoms with Gasteiger partial charge < -0.3 is 10.6 Å². The number of nitrogens with one attached hydrogen (secondary N) is 2. The molecule has 2 heterocycles. The number of nitrogens with zero attached hydrogens (tertiary/aromatic N) is 5. The zero-order chi connectivity index (χ0) is 15.4. The fourth-order valence-electron chi connectivity index (χ4n) is 1.57. The van der Waals surface area contributed by atoms with Gasteiger partial charge in [-0.2, -0.15) is 15.3 Å². The zero-order valence-electron chi connectivity index (χ0n) is 11.4. The number of aromatic nitrogens is 4. The second-order valence-corrected chi connectivity index (χ2v) is 4.23. The molecule has 0 fully saturated rings. The number of nitriles is 1. The molecule has 0 aromatic carbocycles. The zero-order valence-corrected chi connectivity index (χ0v) is 11.4. The Bertz CT molecular complexity index is 675. The van der Waals surface area contributed by atoms with Gasteiger partial charge in [0, 0.05) is 7.05 Å². The van der Waals surface area contributed by atoms with Crippen LogP contribution in [0.1, 0.15) is 11.3 Å². The summed E-state index contributed by atoms with van der Waals surface area (Å²) in [6.45, 7) is 1.27. The van der Waals surface area contributed by atoms with Crippen molar-refractivity contribution in [3.8, 4) is 6.07 Å². The summed E-state index contributed by atoms with van der Waals surface area (Å²) in [4.78, 5) is 8.01. The van der Waals surface area contributed by atoms with Crippen LogP contribution in [0.5, 0.6) is 0 Å². The highest BCUT2D eigenvalue weighted by Gasteiger charge is 2.11. The molecule has 0 aliphatic rings. The fourth-order valence-corrected chi connectivity index (χ4v) is 1.57. The summed E-state index contributed by atoms with van der Waals surface area (Å²) in [6, 6.07) is 1.85. The molecule has 2 N–H and O–H groups in total. The van der Waals surface area contributed by atoms with Gasteiger partial charge >= 0.3 is 0 Å². The molecule has 0 amide bonds. The van der Waals surface area contributed by atoms with Crippen LogP contribution in [0.4, 0.5) is 26.2 Å². The standard InChI is InChI=1S/C12H13F2N7/c1-7-9(5-18-21(7)2)19-12-17-4-8(3-15)11(20-12)16-6-10(13)14/h4-5,10H,6H2,1-2H3,(H2,16,17,19,20). The van der Waals surface area contributed by atoms with E-state index in [4.69, 9.17) is 5.26 Å². The fraction of sp³-hybridized carbons (Fsp3) is 0.333. The summed E-state index contributed by atoms with van der Waals surface area (Å²) in [7, 11) is 1.79. The van der Waals surface area contributed by atoms with E-state index in [0.717, 1.165) is 5.69 Å². The van der Waals surface area contributed by atoms with Crippen molar-refractivity contribution in [3.05, 3.63) is 23.7 Å². The number of hydrogen-bond acceptors (Lipinski definition) is 6. The summed E-state index contributed by atoms with van der Waals surface area (Å²) >= 11 is 0. The van der Waals surface area contributed by atoms with Crippen LogP contribution in [0.3, 0.4) is 0 Å². The minimum Gasteiger partial charge on any atom is -0.363 e. The Morgan fingerprint density at radius 1 is 1.43 bits per heavy atom. The Morgan fingerprint density at radius 2 is 2.19 bits per heavy atom. The van der Waals surface area contributed by atoms with Gasteiger partial charge in [0.15, 0.2) is 0 Å². The quantitative estimate of drug-likeness (QED) is 0.873. The Labute approximate surface area is 119 Å². The Hall–Kier alpha value is -2.76. The average Bonchev–Trinajstić information content (AvgIpc) is 2.77. The third-order valence-electron chi connectivity index (χ3n) is 2.81. The van der Waals surface area contributed by atoms with Gasteiger partial charge in [-0.05, 0) is 6.92 Å². The molecule has 2 rings (SSSR count). The van der Waals surface area contributed by atoms with Gasteiger partial charge in [0.25, 0.3) is 6.43 Å². The van der Waals surface area contributed by atoms with E-state index >= 15 is 0 Å². The van der Waals surface area contributed by atoms with Crippen molar-refractivity contribution in [2.24, 2.45) is 7.05 Å². The number of aryl methyl sites for hydroxylation is 1. The van der Waals surface area contributed by atoms with E-state index < -0.39 is 13.0 Å². The predicted molar refractivity (Wildman–Crippen MR) is 72.5 cm³/mol. The first-order valence-corrected chi connectivity index (χ1v) is 6.06. The van der Waals surface area contributed by atoms with Gasteiger partial charge in [-0.1, -0.05) is 0 Å². The predicted octanol–water partition coefficient (Wildman–Crippen LogP) is 1.81. The molecule has 0 radical (unpaired) electrons. The molecule has 0 unspecified atom stereocenters. The van der Waals surface area contributed by atoms with Crippen LogP contribution < -0.4 is 10.6 Å². The van der Waals surface area contributed by atoms with Crippen LogP contribution in [0, 0.1) is 18.3 Å². The lowest BCUT2D eigenvalue weighted by Gasteiger charge is -2.09. The molecule has 2 aromatic heterocycles. The van der Waals surface area contributed by atoms with E-state index in [1.165, 1.54) is 6.20 Å². The third kappa shape index (κ3) is 3.42. The van der Waals surface area contributed by atoms with Gasteiger partial charge in [-0.3, -0.25) is 4.68 Å². The summed E-state index contributed by atoms with van der Waals surface area (Å²) in [6.07, 6.45) is 0.335. The number of halogens is 2. The van der Waals surface area contributed by atoms with Crippen molar-refractivity contribution in [3.63, 3.8) is 0 Å². The molecule has 2 aromatic rings. The van der Waals surface area contributed by atoms with E-state index in [0.29, 0.717) is 5.69 Å². The lowest BCUT2D eigenvalue weighted by molar-refractivity contribution is 0.163. The van der Waals surface area contributed by atoms with Crippen molar-refractivity contribution < 1.29 is 8.78 Å². The van der Waals surface area contributed by atoms with Gasteiger partial charge in [-0.25, -0.2) is 13.8 Å². The van der Waals surface area contributed by atoms with Crippen molar-refractivity contribution in [2.75, 3.05) is 17.2 Å². The second kappa shape index (κ2) is 6.13. The van der Waals surface area contributed by atoms with Crippen molar-refractivity contribution in [1.29, 1.82) is 5.26 Å². The Kier molecular flexibility index (Phi) is 4.27. The molecular weight excluding hydrogens is 280 g/mol. The second-order valence-electron chi connectivity index (χ2n) is 4.23. The molecule has 21 heavy (non-hydrogen) atoms. The Balaban J connectivity index is 2.23. The molecule has 0 saturated carbocycles. The van der Waals surface area contributed by atoms with Crippen LogP contribution in [0.25, 0.3) is 0 Å². The van der Waals surface area contributed by atoms with Gasteiger partial charge in [0.05, 0.1) is 30.3 Å². The topological polar surface area (TPSA) is 91.4 Å². The average molecular weight is 293 g/mol. The summed E-state index contributed by atoms with van der Waals surface area (Å²) < 4.78 is 26.2. The first kappa shape index (κ1) is 14.6. The van der Waals surface area contributed by atoms with Gasteiger partial charge in [-0.15, -0.1) is 0 Å². The molecule has 0 atom stereocenters. The maximum atomic E-state index is 12.2.